The van der Waals surface area contributed by atoms with Crippen LogP contribution in [0.2, 0.25) is 0 Å². The topological polar surface area (TPSA) is 169 Å². The standard InChI is InChI=1S/C57H80N2O9/c1-7-22-57(65)24-21-45-42-15-11-36-29-39(60)14-16-41(36)51(42)43(33-55(45,57)4)35-9-12-38(13-10-35)59(6)26-28-66-40-20-23-54(3)37(30-40)31-48(68-53(64)67-27-25-58)52-46-18-17-44(34(2)8-19-50(62)63)56(46,5)49(61)32-47(52)54/h9-10,12-13,29,34,37,40,42-49,52,61,65H,8,11,14-21,23-28,30-33,58H2,1-6H3,(H,62,63)/t34-,37+,40+,42+,43-,44-,45+,46+,47+,48-,49+,52+,54+,55+,56-,57+/m1/s1. The third-order valence-electron chi connectivity index (χ3n) is 20.6. The average Bonchev–Trinajstić information content (AvgIpc) is 3.81. The van der Waals surface area contributed by atoms with Gasteiger partial charge in [-0.25, -0.2) is 4.79 Å². The Morgan fingerprint density at radius 2 is 1.74 bits per heavy atom. The first-order chi connectivity index (χ1) is 32.4. The monoisotopic (exact) mass is 937 g/mol. The number of carboxylic acid groups (broad SMARTS) is 1. The molecule has 11 nitrogen and oxygen atoms in total. The van der Waals surface area contributed by atoms with Crippen LogP contribution >= 0.6 is 0 Å². The Hall–Kier alpha value is -3.69. The zero-order valence-corrected chi connectivity index (χ0v) is 41.8. The minimum Gasteiger partial charge on any atom is -0.481 e. The van der Waals surface area contributed by atoms with E-state index in [0.29, 0.717) is 44.1 Å². The SMILES string of the molecule is CC#C[C@]1(O)CC[C@H]2[C@@H]3CCC4=CC(=O)CCC4=C3[C@@H](c3ccc(N(C)CCO[C@H]4CC[C@@]5(C)[C@@H](C4)C[C@@H](OC(=O)OCCN)[C@@H]4[C@@H]5C[C@H](O)[C@]5(C)[C@@H]([C@H](C)CCC(=O)O)CC[C@@H]45)cc3)C[C@@]21C. The zero-order valence-electron chi connectivity index (χ0n) is 41.8. The molecule has 0 heterocycles. The summed E-state index contributed by atoms with van der Waals surface area (Å²) in [5, 5.41) is 33.8. The average molecular weight is 937 g/mol. The number of nitrogens with zero attached hydrogens (tertiary/aromatic N) is 1. The molecule has 68 heavy (non-hydrogen) atoms. The van der Waals surface area contributed by atoms with E-state index in [1.807, 2.05) is 13.0 Å². The highest BCUT2D eigenvalue weighted by Crippen LogP contribution is 2.70. The van der Waals surface area contributed by atoms with Gasteiger partial charge in [-0.2, -0.15) is 0 Å². The molecular formula is C57H80N2O9. The number of rotatable bonds is 13. The molecule has 16 atom stereocenters. The maximum absolute atomic E-state index is 13.2. The molecule has 0 amide bonds. The number of aliphatic hydroxyl groups is 2. The lowest BCUT2D eigenvalue weighted by atomic mass is 9.43. The summed E-state index contributed by atoms with van der Waals surface area (Å²) in [5.74, 6) is 7.74. The van der Waals surface area contributed by atoms with E-state index in [-0.39, 0.29) is 89.8 Å². The molecule has 0 bridgehead atoms. The molecule has 372 valence electrons. The van der Waals surface area contributed by atoms with Gasteiger partial charge >= 0.3 is 12.1 Å². The summed E-state index contributed by atoms with van der Waals surface area (Å²) in [5.41, 5.74) is 10.5. The van der Waals surface area contributed by atoms with Crippen LogP contribution in [-0.4, -0.2) is 90.5 Å². The van der Waals surface area contributed by atoms with Gasteiger partial charge in [0.2, 0.25) is 0 Å². The Morgan fingerprint density at radius 3 is 2.47 bits per heavy atom. The van der Waals surface area contributed by atoms with Gasteiger partial charge in [-0.1, -0.05) is 51.3 Å². The number of benzene rings is 1. The van der Waals surface area contributed by atoms with Gasteiger partial charge in [0.15, 0.2) is 5.78 Å². The fraction of sp³-hybridized carbons (Fsp3) is 0.737. The van der Waals surface area contributed by atoms with Gasteiger partial charge in [0, 0.05) is 55.9 Å². The molecule has 8 aliphatic carbocycles. The highest BCUT2D eigenvalue weighted by Gasteiger charge is 2.67. The number of anilines is 1. The molecule has 1 aromatic rings. The van der Waals surface area contributed by atoms with Gasteiger partial charge in [-0.15, -0.1) is 5.92 Å². The van der Waals surface area contributed by atoms with Crippen molar-refractivity contribution in [2.24, 2.45) is 69.3 Å². The number of fused-ring (bicyclic) bond motifs is 9. The Balaban J connectivity index is 0.873. The molecule has 8 aliphatic rings. The molecule has 0 aliphatic heterocycles. The summed E-state index contributed by atoms with van der Waals surface area (Å²) >= 11 is 0. The van der Waals surface area contributed by atoms with Crippen molar-refractivity contribution in [2.45, 2.75) is 167 Å². The number of nitrogens with two attached hydrogens (primary N) is 1. The number of hydrogen-bond acceptors (Lipinski definition) is 10. The first-order valence-corrected chi connectivity index (χ1v) is 26.4. The quantitative estimate of drug-likeness (QED) is 0.110. The summed E-state index contributed by atoms with van der Waals surface area (Å²) in [4.78, 5) is 39.5. The number of ketones is 1. The number of aliphatic carboxylic acids is 1. The van der Waals surface area contributed by atoms with E-state index in [1.54, 1.807) is 0 Å². The van der Waals surface area contributed by atoms with E-state index in [0.717, 1.165) is 82.9 Å². The smallest absolute Gasteiger partial charge is 0.481 e. The predicted molar refractivity (Wildman–Crippen MR) is 261 cm³/mol. The second kappa shape index (κ2) is 19.1. The van der Waals surface area contributed by atoms with Gasteiger partial charge < -0.3 is 40.2 Å². The van der Waals surface area contributed by atoms with Crippen LogP contribution < -0.4 is 10.6 Å². The largest absolute Gasteiger partial charge is 0.508 e. The molecule has 0 radical (unpaired) electrons. The van der Waals surface area contributed by atoms with Crippen molar-refractivity contribution in [3.05, 3.63) is 52.6 Å². The van der Waals surface area contributed by atoms with Crippen LogP contribution in [0.15, 0.2) is 47.1 Å². The first kappa shape index (κ1) is 49.3. The highest BCUT2D eigenvalue weighted by atomic mass is 16.7. The van der Waals surface area contributed by atoms with Crippen LogP contribution in [0.25, 0.3) is 0 Å². The first-order valence-electron chi connectivity index (χ1n) is 26.4. The summed E-state index contributed by atoms with van der Waals surface area (Å²) in [7, 11) is 2.12. The Bertz CT molecular complexity index is 2210. The lowest BCUT2D eigenvalue weighted by Gasteiger charge is -2.64. The highest BCUT2D eigenvalue weighted by molar-refractivity contribution is 5.93. The van der Waals surface area contributed by atoms with Gasteiger partial charge in [-0.05, 0) is 184 Å². The molecule has 11 heteroatoms. The minimum atomic E-state index is -1.00. The number of allylic oxidation sites excluding steroid dienone is 4. The Kier molecular flexibility index (Phi) is 13.9. The number of likely N-dealkylation sites (N-methyl/N-ethyl adjacent to an activating group) is 1. The van der Waals surface area contributed by atoms with E-state index in [2.05, 4.69) is 75.7 Å². The number of carboxylic acids is 1. The molecular weight excluding hydrogens is 857 g/mol. The van der Waals surface area contributed by atoms with E-state index >= 15 is 0 Å². The Labute approximate surface area is 405 Å². The van der Waals surface area contributed by atoms with Crippen LogP contribution in [0.3, 0.4) is 0 Å². The molecule has 0 aromatic heterocycles. The van der Waals surface area contributed by atoms with E-state index < -0.39 is 29.2 Å². The number of hydrogen-bond donors (Lipinski definition) is 4. The fourth-order valence-corrected chi connectivity index (χ4v) is 17.0. The van der Waals surface area contributed by atoms with Crippen molar-refractivity contribution in [1.29, 1.82) is 0 Å². The second-order valence-corrected chi connectivity index (χ2v) is 23.5. The maximum Gasteiger partial charge on any atom is 0.508 e. The molecule has 6 fully saturated rings. The van der Waals surface area contributed by atoms with Crippen LogP contribution in [0, 0.1) is 75.4 Å². The number of carbonyl (C=O) groups excluding carboxylic acids is 2. The fourth-order valence-electron chi connectivity index (χ4n) is 17.0. The van der Waals surface area contributed by atoms with Crippen molar-refractivity contribution >= 4 is 23.6 Å². The number of aliphatic hydroxyl groups excluding tert-OH is 1. The minimum absolute atomic E-state index is 0.0450. The van der Waals surface area contributed by atoms with E-state index in [9.17, 15) is 29.7 Å². The molecule has 0 spiro atoms. The molecule has 1 aromatic carbocycles. The van der Waals surface area contributed by atoms with Gasteiger partial charge in [0.1, 0.15) is 18.3 Å². The normalized spacial score (nSPS) is 40.8. The molecule has 5 N–H and O–H groups in total. The number of carbonyl (C=O) groups is 3. The third-order valence-corrected chi connectivity index (χ3v) is 20.6. The van der Waals surface area contributed by atoms with Crippen LogP contribution in [0.5, 0.6) is 0 Å². The summed E-state index contributed by atoms with van der Waals surface area (Å²) in [6.07, 6.45) is 13.1. The zero-order chi connectivity index (χ0) is 48.3. The molecule has 9 rings (SSSR count). The maximum atomic E-state index is 13.2. The van der Waals surface area contributed by atoms with Crippen molar-refractivity contribution in [1.82, 2.24) is 0 Å². The Morgan fingerprint density at radius 1 is 0.956 bits per heavy atom. The van der Waals surface area contributed by atoms with Crippen LogP contribution in [-0.2, 0) is 23.8 Å². The van der Waals surface area contributed by atoms with E-state index in [4.69, 9.17) is 19.9 Å². The van der Waals surface area contributed by atoms with Crippen molar-refractivity contribution in [2.75, 3.05) is 38.3 Å². The molecule has 0 unspecified atom stereocenters. The number of ether oxygens (including phenoxy) is 3. The van der Waals surface area contributed by atoms with Crippen LogP contribution in [0.4, 0.5) is 10.5 Å². The summed E-state index contributed by atoms with van der Waals surface area (Å²) < 4.78 is 18.4. The van der Waals surface area contributed by atoms with Crippen molar-refractivity contribution in [3.63, 3.8) is 0 Å². The van der Waals surface area contributed by atoms with Crippen molar-refractivity contribution in [3.8, 4) is 11.8 Å². The van der Waals surface area contributed by atoms with Gasteiger partial charge in [0.25, 0.3) is 0 Å². The van der Waals surface area contributed by atoms with E-state index in [1.165, 1.54) is 22.3 Å². The van der Waals surface area contributed by atoms with Gasteiger partial charge in [0.05, 0.1) is 18.8 Å². The lowest BCUT2D eigenvalue weighted by Crippen LogP contribution is -2.63. The summed E-state index contributed by atoms with van der Waals surface area (Å²) in [6.45, 7) is 12.6. The van der Waals surface area contributed by atoms with Gasteiger partial charge in [-0.3, -0.25) is 9.59 Å². The lowest BCUT2D eigenvalue weighted by molar-refractivity contribution is -0.211. The third kappa shape index (κ3) is 8.47. The molecule has 0 saturated heterocycles. The van der Waals surface area contributed by atoms with Crippen LogP contribution in [0.1, 0.15) is 149 Å². The molecule has 6 saturated carbocycles. The predicted octanol–water partition coefficient (Wildman–Crippen LogP) is 9.38. The van der Waals surface area contributed by atoms with Crippen molar-refractivity contribution < 1.29 is 43.9 Å². The summed E-state index contributed by atoms with van der Waals surface area (Å²) in [6, 6.07) is 9.04. The second-order valence-electron chi connectivity index (χ2n) is 23.5.